The average Bonchev–Trinajstić information content (AvgIpc) is 2.95. The third kappa shape index (κ3) is 26.6. The Hall–Kier alpha value is -0.340. The number of hydrogen-bond donors (Lipinski definition) is 1. The first-order valence-electron chi connectivity index (χ1n) is 18.7. The summed E-state index contributed by atoms with van der Waals surface area (Å²) >= 11 is 0. The Labute approximate surface area is 255 Å². The Kier molecular flexibility index (Phi) is 31.3. The molecule has 3 atom stereocenters. The molecule has 0 aliphatic carbocycles. The van der Waals surface area contributed by atoms with Gasteiger partial charge in [0.05, 0.1) is 0 Å². The van der Waals surface area contributed by atoms with Gasteiger partial charge in [-0.15, -0.1) is 0 Å². The number of hydrogen-bond acceptors (Lipinski definition) is 2. The summed E-state index contributed by atoms with van der Waals surface area (Å²) in [4.78, 5) is 0. The zero-order valence-corrected chi connectivity index (χ0v) is 28.9. The Morgan fingerprint density at radius 1 is 0.500 bits per heavy atom. The lowest BCUT2D eigenvalue weighted by molar-refractivity contribution is 0.127. The minimum atomic E-state index is 0.723. The van der Waals surface area contributed by atoms with Gasteiger partial charge in [-0.05, 0) is 44.6 Å². The van der Waals surface area contributed by atoms with Gasteiger partial charge in [0, 0.05) is 12.6 Å². The van der Waals surface area contributed by atoms with Gasteiger partial charge < -0.3 is 0 Å². The van der Waals surface area contributed by atoms with Crippen LogP contribution in [0.1, 0.15) is 202 Å². The van der Waals surface area contributed by atoms with Crippen LogP contribution in [0.25, 0.3) is 0 Å². The van der Waals surface area contributed by atoms with Crippen LogP contribution >= 0.6 is 0 Å². The van der Waals surface area contributed by atoms with Crippen LogP contribution in [0.3, 0.4) is 0 Å². The number of allylic oxidation sites excluding steroid dienone is 2. The topological polar surface area (TPSA) is 15.3 Å². The van der Waals surface area contributed by atoms with E-state index < -0.39 is 0 Å². The summed E-state index contributed by atoms with van der Waals surface area (Å²) in [6, 6.07) is 0.723. The average molecular weight is 563 g/mol. The van der Waals surface area contributed by atoms with Crippen molar-refractivity contribution in [2.24, 2.45) is 11.8 Å². The van der Waals surface area contributed by atoms with E-state index in [2.05, 4.69) is 64.3 Å². The van der Waals surface area contributed by atoms with Gasteiger partial charge in [0.25, 0.3) is 0 Å². The van der Waals surface area contributed by atoms with Gasteiger partial charge in [0.15, 0.2) is 0 Å². The number of nitrogens with one attached hydrogen (secondary N) is 1. The second-order valence-electron chi connectivity index (χ2n) is 13.3. The van der Waals surface area contributed by atoms with E-state index in [1.165, 1.54) is 167 Å². The predicted octanol–water partition coefficient (Wildman–Crippen LogP) is 12.8. The first-order valence-corrected chi connectivity index (χ1v) is 18.7. The lowest BCUT2D eigenvalue weighted by Crippen LogP contribution is -2.43. The van der Waals surface area contributed by atoms with Crippen LogP contribution in [-0.2, 0) is 0 Å². The summed E-state index contributed by atoms with van der Waals surface area (Å²) < 4.78 is 0. The minimum absolute atomic E-state index is 0.723. The molecule has 3 unspecified atom stereocenters. The zero-order chi connectivity index (χ0) is 29.5. The molecular weight excluding hydrogens is 484 g/mol. The fraction of sp³-hybridized carbons (Fsp3) is 0.947. The third-order valence-corrected chi connectivity index (χ3v) is 9.27. The number of nitrogens with zero attached hydrogens (tertiary/aromatic N) is 1. The first-order chi connectivity index (χ1) is 19.6. The highest BCUT2D eigenvalue weighted by Crippen LogP contribution is 2.20. The summed E-state index contributed by atoms with van der Waals surface area (Å²) in [6.45, 7) is 12.9. The summed E-state index contributed by atoms with van der Waals surface area (Å²) in [6.07, 6.45) is 41.5. The van der Waals surface area contributed by atoms with Crippen molar-refractivity contribution in [3.8, 4) is 0 Å². The first kappa shape index (κ1) is 39.7. The molecule has 0 heterocycles. The molecule has 0 aromatic heterocycles. The molecule has 0 aliphatic rings. The van der Waals surface area contributed by atoms with Crippen molar-refractivity contribution in [3.05, 3.63) is 12.2 Å². The molecule has 40 heavy (non-hydrogen) atoms. The second kappa shape index (κ2) is 31.6. The van der Waals surface area contributed by atoms with Gasteiger partial charge in [-0.1, -0.05) is 188 Å². The Bertz CT molecular complexity index is 498. The van der Waals surface area contributed by atoms with Crippen LogP contribution in [0.2, 0.25) is 0 Å². The van der Waals surface area contributed by atoms with Crippen molar-refractivity contribution >= 4 is 0 Å². The molecule has 0 aliphatic heterocycles. The van der Waals surface area contributed by atoms with E-state index >= 15 is 0 Å². The van der Waals surface area contributed by atoms with E-state index in [0.717, 1.165) is 24.4 Å². The lowest BCUT2D eigenvalue weighted by Gasteiger charge is -2.30. The summed E-state index contributed by atoms with van der Waals surface area (Å²) in [5, 5.41) is 2.50. The molecule has 0 aromatic rings. The van der Waals surface area contributed by atoms with Crippen LogP contribution in [0, 0.1) is 11.8 Å². The zero-order valence-electron chi connectivity index (χ0n) is 28.9. The predicted molar refractivity (Wildman–Crippen MR) is 184 cm³/mol. The molecule has 240 valence electrons. The molecule has 0 fully saturated rings. The van der Waals surface area contributed by atoms with Crippen LogP contribution < -0.4 is 5.43 Å². The normalized spacial score (nSPS) is 14.4. The van der Waals surface area contributed by atoms with Crippen molar-refractivity contribution in [1.82, 2.24) is 10.4 Å². The van der Waals surface area contributed by atoms with Gasteiger partial charge in [0.2, 0.25) is 0 Å². The Morgan fingerprint density at radius 3 is 1.38 bits per heavy atom. The maximum atomic E-state index is 3.49. The van der Waals surface area contributed by atoms with E-state index in [1.54, 1.807) is 0 Å². The number of hydrazine groups is 1. The molecular formula is C38H78N2. The van der Waals surface area contributed by atoms with Crippen LogP contribution in [-0.4, -0.2) is 24.6 Å². The molecule has 1 N–H and O–H groups in total. The van der Waals surface area contributed by atoms with Gasteiger partial charge >= 0.3 is 0 Å². The third-order valence-electron chi connectivity index (χ3n) is 9.27. The molecule has 0 saturated carbocycles. The van der Waals surface area contributed by atoms with Gasteiger partial charge in [-0.25, -0.2) is 5.01 Å². The molecule has 0 aromatic carbocycles. The Morgan fingerprint density at radius 2 is 0.925 bits per heavy atom. The quantitative estimate of drug-likeness (QED) is 0.0498. The van der Waals surface area contributed by atoms with Gasteiger partial charge in [-0.2, -0.15) is 0 Å². The number of unbranched alkanes of at least 4 members (excludes halogenated alkanes) is 16. The van der Waals surface area contributed by atoms with Crippen LogP contribution in [0.4, 0.5) is 0 Å². The van der Waals surface area contributed by atoms with E-state index in [-0.39, 0.29) is 0 Å². The molecule has 0 bridgehead atoms. The maximum absolute atomic E-state index is 3.49. The largest absolute Gasteiger partial charge is 0.258 e. The van der Waals surface area contributed by atoms with Crippen LogP contribution in [0.15, 0.2) is 12.2 Å². The van der Waals surface area contributed by atoms with E-state index in [1.807, 2.05) is 0 Å². The van der Waals surface area contributed by atoms with Crippen LogP contribution in [0.5, 0.6) is 0 Å². The fourth-order valence-electron chi connectivity index (χ4n) is 6.34. The fourth-order valence-corrected chi connectivity index (χ4v) is 6.34. The number of rotatable bonds is 32. The lowest BCUT2D eigenvalue weighted by atomic mass is 9.96. The molecule has 0 amide bonds. The minimum Gasteiger partial charge on any atom is -0.258 e. The Balaban J connectivity index is 3.78. The maximum Gasteiger partial charge on any atom is 0.0243 e. The SMILES string of the molecule is CCCC/C=C/CC(C)CCCCCCCCC(CCCCCCCCCCC(C)CCCCC)N(CC)NC. The van der Waals surface area contributed by atoms with E-state index in [0.29, 0.717) is 0 Å². The molecule has 0 radical (unpaired) electrons. The monoisotopic (exact) mass is 563 g/mol. The van der Waals surface area contributed by atoms with Crippen molar-refractivity contribution in [3.63, 3.8) is 0 Å². The van der Waals surface area contributed by atoms with Crippen molar-refractivity contribution in [2.45, 2.75) is 208 Å². The summed E-state index contributed by atoms with van der Waals surface area (Å²) in [5.74, 6) is 1.81. The molecule has 0 saturated heterocycles. The van der Waals surface area contributed by atoms with Gasteiger partial charge in [0.1, 0.15) is 0 Å². The van der Waals surface area contributed by atoms with Crippen molar-refractivity contribution in [2.75, 3.05) is 13.6 Å². The summed E-state index contributed by atoms with van der Waals surface area (Å²) in [7, 11) is 2.12. The molecule has 2 nitrogen and oxygen atoms in total. The van der Waals surface area contributed by atoms with Crippen molar-refractivity contribution in [1.29, 1.82) is 0 Å². The van der Waals surface area contributed by atoms with E-state index in [9.17, 15) is 0 Å². The molecule has 0 spiro atoms. The molecule has 0 rings (SSSR count). The van der Waals surface area contributed by atoms with E-state index in [4.69, 9.17) is 0 Å². The highest BCUT2D eigenvalue weighted by Gasteiger charge is 2.15. The second-order valence-corrected chi connectivity index (χ2v) is 13.3. The molecule has 2 heteroatoms. The standard InChI is InChI=1S/C38H78N2/c1-7-10-12-19-25-31-37(5)33-27-21-17-18-23-29-35-38(40(9-3)39-6)34-28-22-16-14-13-15-20-26-32-36(4)30-24-11-8-2/h19,25,36-39H,7-18,20-24,26-35H2,1-6H3/b25-19+. The summed E-state index contributed by atoms with van der Waals surface area (Å²) in [5.41, 5.74) is 3.49. The van der Waals surface area contributed by atoms with Gasteiger partial charge in [-0.3, -0.25) is 5.43 Å². The highest BCUT2D eigenvalue weighted by atomic mass is 15.5. The smallest absolute Gasteiger partial charge is 0.0243 e. The van der Waals surface area contributed by atoms with Crippen molar-refractivity contribution < 1.29 is 0 Å². The highest BCUT2D eigenvalue weighted by molar-refractivity contribution is 4.83.